The number of amides is 1. The van der Waals surface area contributed by atoms with Crippen LogP contribution in [0.2, 0.25) is 0 Å². The van der Waals surface area contributed by atoms with Crippen LogP contribution in [0.5, 0.6) is 0 Å². The van der Waals surface area contributed by atoms with Crippen LogP contribution in [0.25, 0.3) is 0 Å². The van der Waals surface area contributed by atoms with E-state index in [0.29, 0.717) is 6.61 Å². The number of carbonyl (C=O) groups excluding carboxylic acids is 1. The van der Waals surface area contributed by atoms with Gasteiger partial charge in [0.2, 0.25) is 5.91 Å². The molecule has 0 bridgehead atoms. The number of ether oxygens (including phenoxy) is 1. The van der Waals surface area contributed by atoms with E-state index in [1.807, 2.05) is 11.8 Å². The zero-order valence-corrected chi connectivity index (χ0v) is 11.1. The predicted octanol–water partition coefficient (Wildman–Crippen LogP) is 0.997. The summed E-state index contributed by atoms with van der Waals surface area (Å²) >= 11 is 0. The molecule has 3 atom stereocenters. The summed E-state index contributed by atoms with van der Waals surface area (Å²) in [7, 11) is 0. The number of nitrogens with zero attached hydrogens (tertiary/aromatic N) is 1. The van der Waals surface area contributed by atoms with Gasteiger partial charge in [0, 0.05) is 25.7 Å². The van der Waals surface area contributed by atoms with E-state index in [2.05, 4.69) is 13.8 Å². The van der Waals surface area contributed by atoms with E-state index in [1.54, 1.807) is 0 Å². The summed E-state index contributed by atoms with van der Waals surface area (Å²) in [6, 6.07) is 0.198. The van der Waals surface area contributed by atoms with Gasteiger partial charge in [-0.3, -0.25) is 4.79 Å². The van der Waals surface area contributed by atoms with Crippen molar-refractivity contribution < 1.29 is 9.53 Å². The number of likely N-dealkylation sites (tertiary alicyclic amines) is 1. The minimum Gasteiger partial charge on any atom is -0.378 e. The SMILES string of the molecule is CC1OCCC1C(=O)N1CCC(N)C(C)(C)C1. The third kappa shape index (κ3) is 2.47. The third-order valence-corrected chi connectivity index (χ3v) is 4.32. The van der Waals surface area contributed by atoms with E-state index >= 15 is 0 Å². The first-order chi connectivity index (χ1) is 7.92. The molecular weight excluding hydrogens is 216 g/mol. The van der Waals surface area contributed by atoms with Crippen LogP contribution in [0.15, 0.2) is 0 Å². The second kappa shape index (κ2) is 4.58. The topological polar surface area (TPSA) is 55.6 Å². The van der Waals surface area contributed by atoms with Crippen LogP contribution in [0.4, 0.5) is 0 Å². The van der Waals surface area contributed by atoms with Crippen molar-refractivity contribution in [1.29, 1.82) is 0 Å². The van der Waals surface area contributed by atoms with Crippen molar-refractivity contribution in [2.24, 2.45) is 17.1 Å². The lowest BCUT2D eigenvalue weighted by atomic mass is 9.79. The van der Waals surface area contributed by atoms with E-state index in [-0.39, 0.29) is 29.4 Å². The van der Waals surface area contributed by atoms with Crippen LogP contribution >= 0.6 is 0 Å². The highest BCUT2D eigenvalue weighted by Gasteiger charge is 2.39. The third-order valence-electron chi connectivity index (χ3n) is 4.32. The number of hydrogen-bond acceptors (Lipinski definition) is 3. The first-order valence-electron chi connectivity index (χ1n) is 6.58. The van der Waals surface area contributed by atoms with E-state index in [1.165, 1.54) is 0 Å². The average Bonchev–Trinajstić information content (AvgIpc) is 2.67. The summed E-state index contributed by atoms with van der Waals surface area (Å²) in [6.07, 6.45) is 1.84. The molecule has 2 saturated heterocycles. The molecule has 2 rings (SSSR count). The molecule has 3 unspecified atom stereocenters. The Kier molecular flexibility index (Phi) is 3.46. The Morgan fingerprint density at radius 1 is 1.41 bits per heavy atom. The molecule has 0 aromatic rings. The lowest BCUT2D eigenvalue weighted by Gasteiger charge is -2.43. The Hall–Kier alpha value is -0.610. The van der Waals surface area contributed by atoms with Gasteiger partial charge >= 0.3 is 0 Å². The summed E-state index contributed by atoms with van der Waals surface area (Å²) < 4.78 is 5.48. The van der Waals surface area contributed by atoms with Gasteiger partial charge in [0.15, 0.2) is 0 Å². The van der Waals surface area contributed by atoms with Crippen molar-refractivity contribution >= 4 is 5.91 Å². The fourth-order valence-corrected chi connectivity index (χ4v) is 2.85. The van der Waals surface area contributed by atoms with E-state index in [9.17, 15) is 4.79 Å². The molecule has 4 heteroatoms. The van der Waals surface area contributed by atoms with E-state index in [0.717, 1.165) is 25.9 Å². The number of rotatable bonds is 1. The lowest BCUT2D eigenvalue weighted by molar-refractivity contribution is -0.140. The maximum absolute atomic E-state index is 12.4. The van der Waals surface area contributed by atoms with Gasteiger partial charge in [0.25, 0.3) is 0 Å². The van der Waals surface area contributed by atoms with Crippen LogP contribution in [0.3, 0.4) is 0 Å². The van der Waals surface area contributed by atoms with Gasteiger partial charge in [0.05, 0.1) is 12.0 Å². The molecule has 2 aliphatic rings. The summed E-state index contributed by atoms with van der Waals surface area (Å²) in [5, 5.41) is 0. The van der Waals surface area contributed by atoms with Crippen molar-refractivity contribution in [1.82, 2.24) is 4.90 Å². The highest BCUT2D eigenvalue weighted by molar-refractivity contribution is 5.79. The quantitative estimate of drug-likeness (QED) is 0.744. The Balaban J connectivity index is 2.01. The second-order valence-corrected chi connectivity index (χ2v) is 6.11. The molecule has 2 heterocycles. The maximum Gasteiger partial charge on any atom is 0.228 e. The van der Waals surface area contributed by atoms with Crippen molar-refractivity contribution in [3.05, 3.63) is 0 Å². The monoisotopic (exact) mass is 240 g/mol. The highest BCUT2D eigenvalue weighted by atomic mass is 16.5. The molecule has 0 saturated carbocycles. The van der Waals surface area contributed by atoms with Crippen molar-refractivity contribution in [2.45, 2.75) is 45.8 Å². The Morgan fingerprint density at radius 2 is 2.12 bits per heavy atom. The van der Waals surface area contributed by atoms with Crippen LogP contribution in [0, 0.1) is 11.3 Å². The van der Waals surface area contributed by atoms with Gasteiger partial charge in [-0.15, -0.1) is 0 Å². The molecule has 98 valence electrons. The fraction of sp³-hybridized carbons (Fsp3) is 0.923. The molecule has 17 heavy (non-hydrogen) atoms. The normalized spacial score (nSPS) is 37.2. The Labute approximate surface area is 103 Å². The summed E-state index contributed by atoms with van der Waals surface area (Å²) in [5.41, 5.74) is 6.12. The smallest absolute Gasteiger partial charge is 0.228 e. The number of hydrogen-bond donors (Lipinski definition) is 1. The van der Waals surface area contributed by atoms with E-state index < -0.39 is 0 Å². The summed E-state index contributed by atoms with van der Waals surface area (Å²) in [6.45, 7) is 8.57. The first-order valence-corrected chi connectivity index (χ1v) is 6.58. The van der Waals surface area contributed by atoms with Crippen LogP contribution in [-0.2, 0) is 9.53 Å². The largest absolute Gasteiger partial charge is 0.378 e. The molecule has 1 amide bonds. The molecule has 2 aliphatic heterocycles. The first kappa shape index (κ1) is 12.8. The fourth-order valence-electron chi connectivity index (χ4n) is 2.85. The van der Waals surface area contributed by atoms with Crippen molar-refractivity contribution in [3.63, 3.8) is 0 Å². The van der Waals surface area contributed by atoms with Crippen molar-refractivity contribution in [2.75, 3.05) is 19.7 Å². The van der Waals surface area contributed by atoms with Crippen LogP contribution in [0.1, 0.15) is 33.6 Å². The van der Waals surface area contributed by atoms with Gasteiger partial charge in [-0.1, -0.05) is 13.8 Å². The van der Waals surface area contributed by atoms with Crippen LogP contribution < -0.4 is 5.73 Å². The number of nitrogens with two attached hydrogens (primary N) is 1. The van der Waals surface area contributed by atoms with Crippen LogP contribution in [-0.4, -0.2) is 42.6 Å². The molecule has 0 radical (unpaired) electrons. The minimum atomic E-state index is 0.0244. The predicted molar refractivity (Wildman–Crippen MR) is 66.5 cm³/mol. The molecule has 0 aromatic carbocycles. The van der Waals surface area contributed by atoms with Gasteiger partial charge in [-0.2, -0.15) is 0 Å². The molecule has 2 fully saturated rings. The molecule has 0 spiro atoms. The summed E-state index contributed by atoms with van der Waals surface area (Å²) in [4.78, 5) is 14.4. The van der Waals surface area contributed by atoms with Gasteiger partial charge in [-0.05, 0) is 25.2 Å². The van der Waals surface area contributed by atoms with E-state index in [4.69, 9.17) is 10.5 Å². The molecule has 2 N–H and O–H groups in total. The zero-order chi connectivity index (χ0) is 12.6. The number of carbonyl (C=O) groups is 1. The Morgan fingerprint density at radius 3 is 2.65 bits per heavy atom. The lowest BCUT2D eigenvalue weighted by Crippen LogP contribution is -2.55. The second-order valence-electron chi connectivity index (χ2n) is 6.11. The number of piperidine rings is 1. The molecular formula is C13H24N2O2. The minimum absolute atomic E-state index is 0.0244. The highest BCUT2D eigenvalue weighted by Crippen LogP contribution is 2.30. The zero-order valence-electron chi connectivity index (χ0n) is 11.1. The summed E-state index contributed by atoms with van der Waals surface area (Å²) in [5.74, 6) is 0.315. The average molecular weight is 240 g/mol. The van der Waals surface area contributed by atoms with Gasteiger partial charge in [0.1, 0.15) is 0 Å². The Bertz CT molecular complexity index is 304. The maximum atomic E-state index is 12.4. The molecule has 0 aromatic heterocycles. The van der Waals surface area contributed by atoms with Gasteiger partial charge < -0.3 is 15.4 Å². The molecule has 0 aliphatic carbocycles. The van der Waals surface area contributed by atoms with Gasteiger partial charge in [-0.25, -0.2) is 0 Å². The standard InChI is InChI=1S/C13H24N2O2/c1-9-10(5-7-17-9)12(16)15-6-4-11(14)13(2,3)8-15/h9-11H,4-8,14H2,1-3H3. The molecule has 4 nitrogen and oxygen atoms in total. The van der Waals surface area contributed by atoms with Crippen molar-refractivity contribution in [3.8, 4) is 0 Å².